The second-order valence-electron chi connectivity index (χ2n) is 5.57. The highest BCUT2D eigenvalue weighted by atomic mass is 32.2. The summed E-state index contributed by atoms with van der Waals surface area (Å²) in [6.45, 7) is 0. The van der Waals surface area contributed by atoms with Gasteiger partial charge < -0.3 is 0 Å². The van der Waals surface area contributed by atoms with Crippen LogP contribution in [0.1, 0.15) is 24.6 Å². The summed E-state index contributed by atoms with van der Waals surface area (Å²) in [7, 11) is 0. The molecule has 0 amide bonds. The number of tetrazole rings is 1. The fourth-order valence-electron chi connectivity index (χ4n) is 2.49. The maximum Gasteiger partial charge on any atom is 0.215 e. The first kappa shape index (κ1) is 13.6. The van der Waals surface area contributed by atoms with Crippen molar-refractivity contribution in [1.29, 1.82) is 0 Å². The third-order valence-corrected chi connectivity index (χ3v) is 4.58. The number of aromatic nitrogens is 8. The molecular weight excluding hydrogens is 324 g/mol. The van der Waals surface area contributed by atoms with Gasteiger partial charge in [-0.15, -0.1) is 19.9 Å². The Morgan fingerprint density at radius 3 is 2.71 bits per heavy atom. The molecular formula is C15H12N8S. The monoisotopic (exact) mass is 336 g/mol. The zero-order valence-corrected chi connectivity index (χ0v) is 13.3. The van der Waals surface area contributed by atoms with E-state index in [4.69, 9.17) is 4.98 Å². The molecule has 1 fully saturated rings. The van der Waals surface area contributed by atoms with Crippen molar-refractivity contribution in [1.82, 2.24) is 40.0 Å². The lowest BCUT2D eigenvalue weighted by Crippen LogP contribution is -2.01. The van der Waals surface area contributed by atoms with E-state index in [2.05, 4.69) is 25.7 Å². The van der Waals surface area contributed by atoms with Gasteiger partial charge in [0.25, 0.3) is 0 Å². The van der Waals surface area contributed by atoms with Gasteiger partial charge in [0.1, 0.15) is 10.9 Å². The summed E-state index contributed by atoms with van der Waals surface area (Å²) in [6, 6.07) is 13.8. The SMILES string of the molecule is c1ccc(-n2nc(Sc3ccc4nnnn4n3)nc2C2CC2)cc1. The van der Waals surface area contributed by atoms with Gasteiger partial charge in [0.05, 0.1) is 5.69 Å². The number of para-hydroxylation sites is 1. The Kier molecular flexibility index (Phi) is 3.05. The molecule has 0 bridgehead atoms. The predicted molar refractivity (Wildman–Crippen MR) is 86.0 cm³/mol. The zero-order chi connectivity index (χ0) is 15.9. The molecule has 1 aromatic carbocycles. The lowest BCUT2D eigenvalue weighted by molar-refractivity contribution is 0.701. The maximum absolute atomic E-state index is 4.73. The topological polar surface area (TPSA) is 86.7 Å². The van der Waals surface area contributed by atoms with Gasteiger partial charge in [0, 0.05) is 5.92 Å². The summed E-state index contributed by atoms with van der Waals surface area (Å²) in [5.41, 5.74) is 1.64. The molecule has 118 valence electrons. The smallest absolute Gasteiger partial charge is 0.215 e. The molecule has 0 spiro atoms. The summed E-state index contributed by atoms with van der Waals surface area (Å²) in [6.07, 6.45) is 2.34. The van der Waals surface area contributed by atoms with Crippen molar-refractivity contribution in [2.75, 3.05) is 0 Å². The van der Waals surface area contributed by atoms with Crippen LogP contribution in [0.5, 0.6) is 0 Å². The van der Waals surface area contributed by atoms with Crippen LogP contribution in [0.4, 0.5) is 0 Å². The number of rotatable bonds is 4. The van der Waals surface area contributed by atoms with E-state index in [1.54, 1.807) is 0 Å². The van der Waals surface area contributed by atoms with Crippen LogP contribution in [0, 0.1) is 0 Å². The molecule has 1 aliphatic carbocycles. The Morgan fingerprint density at radius 1 is 1.00 bits per heavy atom. The number of hydrogen-bond acceptors (Lipinski definition) is 7. The van der Waals surface area contributed by atoms with E-state index in [1.165, 1.54) is 29.2 Å². The second-order valence-corrected chi connectivity index (χ2v) is 6.56. The molecule has 1 saturated carbocycles. The first-order valence-corrected chi connectivity index (χ1v) is 8.44. The van der Waals surface area contributed by atoms with Crippen LogP contribution in [0.25, 0.3) is 11.3 Å². The van der Waals surface area contributed by atoms with E-state index in [9.17, 15) is 0 Å². The van der Waals surface area contributed by atoms with Gasteiger partial charge in [-0.2, -0.15) is 0 Å². The molecule has 0 atom stereocenters. The number of nitrogens with zero attached hydrogens (tertiary/aromatic N) is 8. The lowest BCUT2D eigenvalue weighted by Gasteiger charge is -2.03. The normalized spacial score (nSPS) is 14.3. The molecule has 3 aromatic heterocycles. The molecule has 0 unspecified atom stereocenters. The Labute approximate surface area is 140 Å². The van der Waals surface area contributed by atoms with E-state index in [1.807, 2.05) is 47.1 Å². The lowest BCUT2D eigenvalue weighted by atomic mass is 10.3. The van der Waals surface area contributed by atoms with Crippen LogP contribution < -0.4 is 0 Å². The van der Waals surface area contributed by atoms with Gasteiger partial charge in [0.15, 0.2) is 5.65 Å². The van der Waals surface area contributed by atoms with Gasteiger partial charge in [-0.05, 0) is 59.3 Å². The van der Waals surface area contributed by atoms with Crippen LogP contribution in [0.3, 0.4) is 0 Å². The quantitative estimate of drug-likeness (QED) is 0.564. The summed E-state index contributed by atoms with van der Waals surface area (Å²) in [5.74, 6) is 1.52. The van der Waals surface area contributed by atoms with Crippen molar-refractivity contribution in [3.63, 3.8) is 0 Å². The minimum Gasteiger partial charge on any atom is -0.216 e. The van der Waals surface area contributed by atoms with Crippen LogP contribution in [-0.4, -0.2) is 40.0 Å². The molecule has 1 aliphatic rings. The Hall–Kier alpha value is -2.81. The molecule has 24 heavy (non-hydrogen) atoms. The summed E-state index contributed by atoms with van der Waals surface area (Å²) < 4.78 is 3.34. The van der Waals surface area contributed by atoms with Crippen LogP contribution in [-0.2, 0) is 0 Å². The number of benzene rings is 1. The third-order valence-electron chi connectivity index (χ3n) is 3.80. The predicted octanol–water partition coefficient (Wildman–Crippen LogP) is 2.13. The van der Waals surface area contributed by atoms with Crippen LogP contribution in [0.2, 0.25) is 0 Å². The molecule has 8 nitrogen and oxygen atoms in total. The first-order chi connectivity index (χ1) is 11.9. The van der Waals surface area contributed by atoms with Gasteiger partial charge >= 0.3 is 0 Å². The molecule has 0 N–H and O–H groups in total. The molecule has 9 heteroatoms. The molecule has 4 aromatic rings. The van der Waals surface area contributed by atoms with Crippen LogP contribution in [0.15, 0.2) is 52.6 Å². The van der Waals surface area contributed by atoms with Gasteiger partial charge in [-0.3, -0.25) is 0 Å². The van der Waals surface area contributed by atoms with Crippen molar-refractivity contribution in [2.45, 2.75) is 28.9 Å². The fourth-order valence-corrected chi connectivity index (χ4v) is 3.20. The summed E-state index contributed by atoms with van der Waals surface area (Å²) in [4.78, 5) is 4.73. The van der Waals surface area contributed by atoms with E-state index in [-0.39, 0.29) is 0 Å². The highest BCUT2D eigenvalue weighted by molar-refractivity contribution is 7.99. The van der Waals surface area contributed by atoms with E-state index >= 15 is 0 Å². The molecule has 0 saturated heterocycles. The van der Waals surface area contributed by atoms with Gasteiger partial charge in [-0.25, -0.2) is 9.67 Å². The minimum absolute atomic E-state index is 0.502. The van der Waals surface area contributed by atoms with E-state index in [0.717, 1.165) is 16.5 Å². The highest BCUT2D eigenvalue weighted by Gasteiger charge is 2.30. The molecule has 0 aliphatic heterocycles. The average Bonchev–Trinajstić information content (AvgIpc) is 3.21. The van der Waals surface area contributed by atoms with Gasteiger partial charge in [0.2, 0.25) is 5.16 Å². The summed E-state index contributed by atoms with van der Waals surface area (Å²) >= 11 is 1.41. The highest BCUT2D eigenvalue weighted by Crippen LogP contribution is 2.40. The van der Waals surface area contributed by atoms with Crippen molar-refractivity contribution >= 4 is 17.4 Å². The second kappa shape index (κ2) is 5.38. The fraction of sp³-hybridized carbons (Fsp3) is 0.200. The molecule has 3 heterocycles. The van der Waals surface area contributed by atoms with Crippen molar-refractivity contribution in [2.24, 2.45) is 0 Å². The first-order valence-electron chi connectivity index (χ1n) is 7.62. The Morgan fingerprint density at radius 2 is 1.88 bits per heavy atom. The average molecular weight is 336 g/mol. The van der Waals surface area contributed by atoms with E-state index < -0.39 is 0 Å². The molecule has 0 radical (unpaired) electrons. The standard InChI is InChI=1S/C15H12N8S/c1-2-4-11(5-3-1)22-14(10-6-7-10)16-15(19-22)24-13-9-8-12-17-20-21-23(12)18-13/h1-5,8-10H,6-7H2. The maximum atomic E-state index is 4.73. The number of hydrogen-bond donors (Lipinski definition) is 0. The number of fused-ring (bicyclic) bond motifs is 1. The largest absolute Gasteiger partial charge is 0.216 e. The Balaban J connectivity index is 1.51. The van der Waals surface area contributed by atoms with Crippen molar-refractivity contribution in [3.8, 4) is 5.69 Å². The Bertz CT molecular complexity index is 1000. The van der Waals surface area contributed by atoms with Crippen molar-refractivity contribution in [3.05, 3.63) is 48.3 Å². The minimum atomic E-state index is 0.502. The summed E-state index contributed by atoms with van der Waals surface area (Å²) in [5, 5.41) is 21.7. The van der Waals surface area contributed by atoms with Gasteiger partial charge in [-0.1, -0.05) is 18.2 Å². The molecule has 5 rings (SSSR count). The van der Waals surface area contributed by atoms with Crippen molar-refractivity contribution < 1.29 is 0 Å². The van der Waals surface area contributed by atoms with Crippen LogP contribution >= 0.6 is 11.8 Å². The third kappa shape index (κ3) is 2.42. The van der Waals surface area contributed by atoms with E-state index in [0.29, 0.717) is 16.7 Å². The zero-order valence-electron chi connectivity index (χ0n) is 12.5.